The van der Waals surface area contributed by atoms with E-state index in [1.165, 1.54) is 22.2 Å². The Labute approximate surface area is 141 Å². The van der Waals surface area contributed by atoms with Gasteiger partial charge in [0.05, 0.1) is 11.4 Å². The van der Waals surface area contributed by atoms with Gasteiger partial charge in [0, 0.05) is 16.3 Å². The van der Waals surface area contributed by atoms with Gasteiger partial charge in [0.2, 0.25) is 11.8 Å². The molecule has 1 amide bonds. The van der Waals surface area contributed by atoms with Crippen LogP contribution in [0, 0.1) is 27.7 Å². The Balaban J connectivity index is 1.77. The Morgan fingerprint density at radius 3 is 2.78 bits per heavy atom. The van der Waals surface area contributed by atoms with Gasteiger partial charge in [-0.15, -0.1) is 11.3 Å². The Morgan fingerprint density at radius 2 is 2.09 bits per heavy atom. The molecule has 3 aromatic rings. The van der Waals surface area contributed by atoms with Gasteiger partial charge in [0.1, 0.15) is 15.7 Å². The molecule has 1 N–H and O–H groups in total. The molecule has 0 spiro atoms. The predicted octanol–water partition coefficient (Wildman–Crippen LogP) is 3.64. The Kier molecular flexibility index (Phi) is 4.36. The largest absolute Gasteiger partial charge is 0.338 e. The number of carbonyl (C=O) groups is 1. The number of carbonyl (C=O) groups excluding carboxylic acids is 1. The molecule has 0 atom stereocenters. The van der Waals surface area contributed by atoms with Crippen molar-refractivity contribution >= 4 is 45.1 Å². The minimum atomic E-state index is -0.153. The lowest BCUT2D eigenvalue weighted by Crippen LogP contribution is -2.13. The van der Waals surface area contributed by atoms with Crippen LogP contribution in [0.2, 0.25) is 0 Å². The van der Waals surface area contributed by atoms with Crippen LogP contribution in [0.3, 0.4) is 0 Å². The van der Waals surface area contributed by atoms with Crippen molar-refractivity contribution in [2.75, 3.05) is 11.1 Å². The molecule has 0 saturated carbocycles. The number of aryl methyl sites for hydroxylation is 4. The van der Waals surface area contributed by atoms with Gasteiger partial charge < -0.3 is 4.52 Å². The maximum atomic E-state index is 12.0. The molecule has 0 aliphatic heterocycles. The maximum Gasteiger partial charge on any atom is 0.237 e. The number of nitrogens with one attached hydrogen (secondary N) is 1. The maximum absolute atomic E-state index is 12.0. The monoisotopic (exact) mass is 348 g/mol. The van der Waals surface area contributed by atoms with Crippen LogP contribution in [-0.2, 0) is 4.79 Å². The highest BCUT2D eigenvalue weighted by Crippen LogP contribution is 2.35. The zero-order valence-corrected chi connectivity index (χ0v) is 14.9. The smallest absolute Gasteiger partial charge is 0.237 e. The van der Waals surface area contributed by atoms with Crippen LogP contribution in [0.1, 0.15) is 22.0 Å². The summed E-state index contributed by atoms with van der Waals surface area (Å²) in [5.41, 5.74) is 1.91. The lowest BCUT2D eigenvalue weighted by atomic mass is 10.2. The van der Waals surface area contributed by atoms with Crippen molar-refractivity contribution in [3.8, 4) is 0 Å². The van der Waals surface area contributed by atoms with E-state index in [1.807, 2.05) is 6.92 Å². The van der Waals surface area contributed by atoms with E-state index in [-0.39, 0.29) is 11.7 Å². The molecule has 0 aliphatic rings. The second kappa shape index (κ2) is 6.29. The number of nitrogens with zero attached hydrogens (tertiary/aromatic N) is 3. The molecule has 0 aliphatic carbocycles. The summed E-state index contributed by atoms with van der Waals surface area (Å²) in [6.07, 6.45) is 0. The molecule has 0 saturated heterocycles. The highest BCUT2D eigenvalue weighted by Gasteiger charge is 2.15. The van der Waals surface area contributed by atoms with E-state index in [0.29, 0.717) is 11.7 Å². The fourth-order valence-electron chi connectivity index (χ4n) is 2.15. The molecule has 0 aromatic carbocycles. The standard InChI is InChI=1S/C15H16N4O2S2/c1-7-5-12(21-19-7)18-11(20)6-22-14-13-8(2)9(3)23-15(13)17-10(4)16-14/h5H,6H2,1-4H3,(H,18,20). The van der Waals surface area contributed by atoms with Crippen LogP contribution in [-0.4, -0.2) is 26.8 Å². The molecule has 3 aromatic heterocycles. The van der Waals surface area contributed by atoms with Gasteiger partial charge >= 0.3 is 0 Å². The van der Waals surface area contributed by atoms with Crippen LogP contribution in [0.25, 0.3) is 10.2 Å². The molecule has 0 fully saturated rings. The third-order valence-electron chi connectivity index (χ3n) is 3.34. The molecule has 3 rings (SSSR count). The number of anilines is 1. The van der Waals surface area contributed by atoms with Crippen molar-refractivity contribution in [3.63, 3.8) is 0 Å². The number of thiophene rings is 1. The van der Waals surface area contributed by atoms with Crippen LogP contribution < -0.4 is 5.32 Å². The van der Waals surface area contributed by atoms with Crippen molar-refractivity contribution in [2.24, 2.45) is 0 Å². The Hall–Kier alpha value is -1.93. The number of aromatic nitrogens is 3. The van der Waals surface area contributed by atoms with E-state index in [4.69, 9.17) is 4.52 Å². The van der Waals surface area contributed by atoms with Gasteiger partial charge in [-0.2, -0.15) is 0 Å². The van der Waals surface area contributed by atoms with E-state index in [0.717, 1.165) is 20.9 Å². The minimum Gasteiger partial charge on any atom is -0.338 e. The normalized spacial score (nSPS) is 11.1. The number of amides is 1. The highest BCUT2D eigenvalue weighted by molar-refractivity contribution is 8.00. The zero-order chi connectivity index (χ0) is 16.6. The van der Waals surface area contributed by atoms with Crippen LogP contribution in [0.4, 0.5) is 5.88 Å². The quantitative estimate of drug-likeness (QED) is 0.572. The Morgan fingerprint density at radius 1 is 1.30 bits per heavy atom. The Bertz CT molecular complexity index is 885. The van der Waals surface area contributed by atoms with Gasteiger partial charge in [0.25, 0.3) is 0 Å². The number of hydrogen-bond acceptors (Lipinski definition) is 7. The molecule has 0 radical (unpaired) electrons. The lowest BCUT2D eigenvalue weighted by Gasteiger charge is -2.05. The first kappa shape index (κ1) is 15.9. The highest BCUT2D eigenvalue weighted by atomic mass is 32.2. The molecule has 23 heavy (non-hydrogen) atoms. The molecular weight excluding hydrogens is 332 g/mol. The third-order valence-corrected chi connectivity index (χ3v) is 5.41. The lowest BCUT2D eigenvalue weighted by molar-refractivity contribution is -0.113. The third kappa shape index (κ3) is 3.37. The first-order valence-electron chi connectivity index (χ1n) is 7.04. The van der Waals surface area contributed by atoms with E-state index in [1.54, 1.807) is 24.3 Å². The number of rotatable bonds is 4. The van der Waals surface area contributed by atoms with Crippen molar-refractivity contribution in [1.82, 2.24) is 15.1 Å². The van der Waals surface area contributed by atoms with E-state index < -0.39 is 0 Å². The molecule has 0 bridgehead atoms. The average Bonchev–Trinajstić information content (AvgIpc) is 3.00. The number of hydrogen-bond donors (Lipinski definition) is 1. The number of fused-ring (bicyclic) bond motifs is 1. The molecule has 6 nitrogen and oxygen atoms in total. The van der Waals surface area contributed by atoms with Crippen molar-refractivity contribution in [3.05, 3.63) is 28.0 Å². The summed E-state index contributed by atoms with van der Waals surface area (Å²) in [6, 6.07) is 1.68. The average molecular weight is 348 g/mol. The summed E-state index contributed by atoms with van der Waals surface area (Å²) in [5, 5.41) is 8.32. The second-order valence-electron chi connectivity index (χ2n) is 5.21. The summed E-state index contributed by atoms with van der Waals surface area (Å²) >= 11 is 3.07. The molecule has 3 heterocycles. The second-order valence-corrected chi connectivity index (χ2v) is 7.38. The molecular formula is C15H16N4O2S2. The first-order chi connectivity index (χ1) is 10.9. The fraction of sp³-hybridized carbons (Fsp3) is 0.333. The van der Waals surface area contributed by atoms with Gasteiger partial charge in [0.15, 0.2) is 0 Å². The van der Waals surface area contributed by atoms with Crippen LogP contribution in [0.5, 0.6) is 0 Å². The first-order valence-corrected chi connectivity index (χ1v) is 8.84. The minimum absolute atomic E-state index is 0.153. The fourth-order valence-corrected chi connectivity index (χ4v) is 4.22. The van der Waals surface area contributed by atoms with Crippen molar-refractivity contribution in [2.45, 2.75) is 32.7 Å². The van der Waals surface area contributed by atoms with Crippen LogP contribution in [0.15, 0.2) is 15.6 Å². The van der Waals surface area contributed by atoms with Gasteiger partial charge in [-0.3, -0.25) is 10.1 Å². The summed E-state index contributed by atoms with van der Waals surface area (Å²) in [7, 11) is 0. The van der Waals surface area contributed by atoms with E-state index in [9.17, 15) is 4.79 Å². The van der Waals surface area contributed by atoms with E-state index in [2.05, 4.69) is 34.3 Å². The van der Waals surface area contributed by atoms with Crippen molar-refractivity contribution < 1.29 is 9.32 Å². The van der Waals surface area contributed by atoms with Crippen molar-refractivity contribution in [1.29, 1.82) is 0 Å². The molecule has 120 valence electrons. The predicted molar refractivity (Wildman–Crippen MR) is 92.2 cm³/mol. The van der Waals surface area contributed by atoms with Gasteiger partial charge in [-0.1, -0.05) is 16.9 Å². The summed E-state index contributed by atoms with van der Waals surface area (Å²) in [4.78, 5) is 23.2. The van der Waals surface area contributed by atoms with Gasteiger partial charge in [-0.25, -0.2) is 9.97 Å². The van der Waals surface area contributed by atoms with E-state index >= 15 is 0 Å². The van der Waals surface area contributed by atoms with Gasteiger partial charge in [-0.05, 0) is 33.3 Å². The number of thioether (sulfide) groups is 1. The summed E-state index contributed by atoms with van der Waals surface area (Å²) in [5.74, 6) is 1.17. The zero-order valence-electron chi connectivity index (χ0n) is 13.3. The summed E-state index contributed by atoms with van der Waals surface area (Å²) in [6.45, 7) is 7.81. The van der Waals surface area contributed by atoms with Crippen LogP contribution >= 0.6 is 23.1 Å². The molecule has 8 heteroatoms. The summed E-state index contributed by atoms with van der Waals surface area (Å²) < 4.78 is 4.98. The molecule has 0 unspecified atom stereocenters. The SMILES string of the molecule is Cc1cc(NC(=O)CSc2nc(C)nc3sc(C)c(C)c23)on1. The topological polar surface area (TPSA) is 80.9 Å².